The summed E-state index contributed by atoms with van der Waals surface area (Å²) in [5.41, 5.74) is 0. The molecule has 0 rings (SSSR count). The zero-order valence-electron chi connectivity index (χ0n) is 8.09. The summed E-state index contributed by atoms with van der Waals surface area (Å²) in [5.74, 6) is 0.328. The molecule has 0 saturated heterocycles. The summed E-state index contributed by atoms with van der Waals surface area (Å²) in [4.78, 5) is 0. The lowest BCUT2D eigenvalue weighted by atomic mass is 10.2. The Hall–Kier alpha value is -0.130. The highest BCUT2D eigenvalue weighted by atomic mass is 32.2. The molecule has 82 valence electrons. The normalized spacial score (nSPS) is 11.8. The Kier molecular flexibility index (Phi) is 7.49. The van der Waals surface area contributed by atoms with Crippen molar-refractivity contribution in [3.8, 4) is 0 Å². The van der Waals surface area contributed by atoms with Crippen LogP contribution >= 0.6 is 0 Å². The minimum absolute atomic E-state index is 0. The number of hydrogen-bond donors (Lipinski definition) is 2. The average Bonchev–Trinajstić information content (AvgIpc) is 1.81. The van der Waals surface area contributed by atoms with Gasteiger partial charge in [-0.2, -0.15) is 13.1 Å². The van der Waals surface area contributed by atoms with Crippen LogP contribution in [-0.2, 0) is 10.2 Å². The van der Waals surface area contributed by atoms with Gasteiger partial charge < -0.3 is 0 Å². The van der Waals surface area contributed by atoms with E-state index >= 15 is 0 Å². The molecule has 0 atom stereocenters. The van der Waals surface area contributed by atoms with Gasteiger partial charge in [-0.25, -0.2) is 4.72 Å². The molecule has 0 fully saturated rings. The smallest absolute Gasteiger partial charge is 0.202 e. The molecule has 0 aliphatic rings. The maximum Gasteiger partial charge on any atom is 0.277 e. The molecule has 0 aliphatic carbocycles. The van der Waals surface area contributed by atoms with Crippen molar-refractivity contribution >= 4 is 10.2 Å². The fraction of sp³-hybridized carbons (Fsp3) is 1.00. The van der Waals surface area contributed by atoms with Crippen LogP contribution in [0.1, 0.15) is 35.1 Å². The Labute approximate surface area is 82.3 Å². The van der Waals surface area contributed by atoms with Crippen LogP contribution in [0.4, 0.5) is 0 Å². The fourth-order valence-electron chi connectivity index (χ4n) is 0.628. The molecule has 0 unspecified atom stereocenters. The van der Waals surface area contributed by atoms with Gasteiger partial charge in [-0.15, -0.1) is 0 Å². The van der Waals surface area contributed by atoms with E-state index in [0.717, 1.165) is 0 Å². The van der Waals surface area contributed by atoms with Crippen molar-refractivity contribution in [2.24, 2.45) is 5.92 Å². The summed E-state index contributed by atoms with van der Waals surface area (Å²) >= 11 is 0. The predicted molar refractivity (Wildman–Crippen MR) is 56.8 cm³/mol. The van der Waals surface area contributed by atoms with Crippen LogP contribution in [0.15, 0.2) is 0 Å². The van der Waals surface area contributed by atoms with Gasteiger partial charge in [0.15, 0.2) is 0 Å². The van der Waals surface area contributed by atoms with Crippen LogP contribution in [0.25, 0.3) is 0 Å². The number of nitrogens with one attached hydrogen (secondary N) is 2. The quantitative estimate of drug-likeness (QED) is 0.714. The first-order chi connectivity index (χ1) is 5.33. The third-order valence-electron chi connectivity index (χ3n) is 1.07. The van der Waals surface area contributed by atoms with Gasteiger partial charge in [0, 0.05) is 12.6 Å². The highest BCUT2D eigenvalue weighted by Crippen LogP contribution is 1.90. The topological polar surface area (TPSA) is 58.2 Å². The third kappa shape index (κ3) is 9.79. The second-order valence-electron chi connectivity index (χ2n) is 3.52. The lowest BCUT2D eigenvalue weighted by Crippen LogP contribution is -2.41. The molecule has 4 nitrogen and oxygen atoms in total. The second-order valence-corrected chi connectivity index (χ2v) is 5.05. The molecule has 0 radical (unpaired) electrons. The fourth-order valence-corrected chi connectivity index (χ4v) is 1.89. The molecular weight excluding hydrogens is 188 g/mol. The zero-order chi connectivity index (χ0) is 9.78. The predicted octanol–water partition coefficient (Wildman–Crippen LogP) is 1.11. The average molecular weight is 210 g/mol. The molecule has 0 aliphatic heterocycles. The summed E-state index contributed by atoms with van der Waals surface area (Å²) in [6.45, 7) is 7.96. The van der Waals surface area contributed by atoms with E-state index in [9.17, 15) is 8.42 Å². The highest BCUT2D eigenvalue weighted by molar-refractivity contribution is 7.87. The standard InChI is InChI=1S/C7H18N2O2S.CH4/c1-6(2)5-8-12(10,11)9-7(3)4;/h6-9H,5H2,1-4H3;1H4. The molecule has 0 aromatic heterocycles. The lowest BCUT2D eigenvalue weighted by molar-refractivity contribution is 0.538. The van der Waals surface area contributed by atoms with Gasteiger partial charge in [0.25, 0.3) is 10.2 Å². The number of rotatable bonds is 5. The summed E-state index contributed by atoms with van der Waals surface area (Å²) in [6.07, 6.45) is 0. The van der Waals surface area contributed by atoms with Gasteiger partial charge >= 0.3 is 0 Å². The largest absolute Gasteiger partial charge is 0.277 e. The van der Waals surface area contributed by atoms with Gasteiger partial charge in [0.2, 0.25) is 0 Å². The molecule has 13 heavy (non-hydrogen) atoms. The molecule has 0 saturated carbocycles. The Morgan fingerprint density at radius 3 is 1.92 bits per heavy atom. The van der Waals surface area contributed by atoms with Gasteiger partial charge in [-0.05, 0) is 19.8 Å². The van der Waals surface area contributed by atoms with Crippen LogP contribution in [0.5, 0.6) is 0 Å². The van der Waals surface area contributed by atoms with E-state index in [-0.39, 0.29) is 13.5 Å². The Bertz CT molecular complexity index is 210. The van der Waals surface area contributed by atoms with E-state index in [2.05, 4.69) is 9.44 Å². The third-order valence-corrected chi connectivity index (χ3v) is 2.40. The molecule has 5 heteroatoms. The summed E-state index contributed by atoms with van der Waals surface area (Å²) in [5, 5.41) is 0. The Morgan fingerprint density at radius 2 is 1.62 bits per heavy atom. The molecular formula is C8H22N2O2S. The van der Waals surface area contributed by atoms with Crippen molar-refractivity contribution in [3.63, 3.8) is 0 Å². The highest BCUT2D eigenvalue weighted by Gasteiger charge is 2.10. The molecule has 0 heterocycles. The van der Waals surface area contributed by atoms with Crippen LogP contribution in [0.2, 0.25) is 0 Å². The van der Waals surface area contributed by atoms with Gasteiger partial charge in [0.1, 0.15) is 0 Å². The van der Waals surface area contributed by atoms with Crippen molar-refractivity contribution in [1.29, 1.82) is 0 Å². The van der Waals surface area contributed by atoms with Crippen LogP contribution < -0.4 is 9.44 Å². The molecule has 2 N–H and O–H groups in total. The second kappa shape index (κ2) is 6.34. The molecule has 0 bridgehead atoms. The summed E-state index contributed by atoms with van der Waals surface area (Å²) in [6, 6.07) is -0.0605. The van der Waals surface area contributed by atoms with Crippen molar-refractivity contribution in [2.75, 3.05) is 6.54 Å². The number of hydrogen-bond acceptors (Lipinski definition) is 2. The first-order valence-corrected chi connectivity index (χ1v) is 5.58. The van der Waals surface area contributed by atoms with E-state index in [1.165, 1.54) is 0 Å². The van der Waals surface area contributed by atoms with Crippen molar-refractivity contribution in [1.82, 2.24) is 9.44 Å². The van der Waals surface area contributed by atoms with Crippen molar-refractivity contribution in [3.05, 3.63) is 0 Å². The van der Waals surface area contributed by atoms with Crippen LogP contribution in [-0.4, -0.2) is 21.0 Å². The monoisotopic (exact) mass is 210 g/mol. The van der Waals surface area contributed by atoms with Gasteiger partial charge in [-0.1, -0.05) is 21.3 Å². The van der Waals surface area contributed by atoms with Gasteiger partial charge in [0.05, 0.1) is 0 Å². The first kappa shape index (κ1) is 15.3. The molecule has 0 amide bonds. The lowest BCUT2D eigenvalue weighted by Gasteiger charge is -2.11. The summed E-state index contributed by atoms with van der Waals surface area (Å²) in [7, 11) is -3.28. The molecule has 0 spiro atoms. The minimum Gasteiger partial charge on any atom is -0.202 e. The Morgan fingerprint density at radius 1 is 1.15 bits per heavy atom. The minimum atomic E-state index is -3.28. The van der Waals surface area contributed by atoms with Crippen molar-refractivity contribution in [2.45, 2.75) is 41.2 Å². The molecule has 0 aromatic carbocycles. The van der Waals surface area contributed by atoms with E-state index in [1.807, 2.05) is 13.8 Å². The van der Waals surface area contributed by atoms with Crippen LogP contribution in [0, 0.1) is 5.92 Å². The molecule has 0 aromatic rings. The Balaban J connectivity index is 0. The maximum atomic E-state index is 11.1. The SMILES string of the molecule is C.CC(C)CNS(=O)(=O)NC(C)C. The van der Waals surface area contributed by atoms with E-state index in [0.29, 0.717) is 12.5 Å². The van der Waals surface area contributed by atoms with Crippen LogP contribution in [0.3, 0.4) is 0 Å². The van der Waals surface area contributed by atoms with E-state index < -0.39 is 10.2 Å². The zero-order valence-corrected chi connectivity index (χ0v) is 8.90. The summed E-state index contributed by atoms with van der Waals surface area (Å²) < 4.78 is 27.1. The van der Waals surface area contributed by atoms with E-state index in [1.54, 1.807) is 13.8 Å². The van der Waals surface area contributed by atoms with Crippen molar-refractivity contribution < 1.29 is 8.42 Å². The first-order valence-electron chi connectivity index (χ1n) is 4.10. The van der Waals surface area contributed by atoms with Gasteiger partial charge in [-0.3, -0.25) is 0 Å². The van der Waals surface area contributed by atoms with E-state index in [4.69, 9.17) is 0 Å². The maximum absolute atomic E-state index is 11.1.